The van der Waals surface area contributed by atoms with Crippen LogP contribution in [0.1, 0.15) is 30.7 Å². The Kier molecular flexibility index (Phi) is 5.63. The van der Waals surface area contributed by atoms with E-state index in [1.165, 1.54) is 4.88 Å². The molecule has 0 radical (unpaired) electrons. The van der Waals surface area contributed by atoms with Crippen molar-refractivity contribution in [2.45, 2.75) is 25.8 Å². The van der Waals surface area contributed by atoms with Gasteiger partial charge in [0, 0.05) is 10.6 Å². The number of amides is 1. The van der Waals surface area contributed by atoms with Crippen molar-refractivity contribution in [1.82, 2.24) is 0 Å². The van der Waals surface area contributed by atoms with E-state index in [0.29, 0.717) is 12.6 Å². The number of primary amides is 1. The molecule has 1 aromatic carbocycles. The molecule has 1 atom stereocenters. The summed E-state index contributed by atoms with van der Waals surface area (Å²) in [6.45, 7) is 2.48. The average Bonchev–Trinajstić information content (AvgIpc) is 3.00. The minimum atomic E-state index is -0.352. The summed E-state index contributed by atoms with van der Waals surface area (Å²) in [7, 11) is 0. The fraction of sp³-hybridized carbons (Fsp3) is 0.312. The third kappa shape index (κ3) is 4.79. The molecule has 5 heteroatoms. The van der Waals surface area contributed by atoms with E-state index in [9.17, 15) is 4.79 Å². The Balaban J connectivity index is 1.91. The van der Waals surface area contributed by atoms with Crippen molar-refractivity contribution in [3.8, 4) is 5.75 Å². The van der Waals surface area contributed by atoms with Crippen LogP contribution in [-0.2, 0) is 4.79 Å². The third-order valence-electron chi connectivity index (χ3n) is 3.11. The molecule has 1 unspecified atom stereocenters. The van der Waals surface area contributed by atoms with Crippen molar-refractivity contribution in [2.24, 2.45) is 5.73 Å². The minimum absolute atomic E-state index is 0.232. The molecule has 1 heterocycles. The van der Waals surface area contributed by atoms with Gasteiger partial charge in [-0.2, -0.15) is 0 Å². The largest absolute Gasteiger partial charge is 0.493 e. The number of rotatable bonds is 8. The number of ether oxygens (including phenoxy) is 1. The van der Waals surface area contributed by atoms with Gasteiger partial charge < -0.3 is 15.8 Å². The highest BCUT2D eigenvalue weighted by Gasteiger charge is 2.09. The molecule has 3 N–H and O–H groups in total. The van der Waals surface area contributed by atoms with Crippen LogP contribution in [0.3, 0.4) is 0 Å². The van der Waals surface area contributed by atoms with E-state index < -0.39 is 0 Å². The molecule has 1 amide bonds. The van der Waals surface area contributed by atoms with E-state index in [0.717, 1.165) is 17.9 Å². The predicted octanol–water partition coefficient (Wildman–Crippen LogP) is 3.57. The lowest BCUT2D eigenvalue weighted by atomic mass is 10.1. The van der Waals surface area contributed by atoms with E-state index in [4.69, 9.17) is 10.5 Å². The number of carbonyl (C=O) groups excluding carboxylic acids is 1. The summed E-state index contributed by atoms with van der Waals surface area (Å²) in [5.74, 6) is 0.390. The zero-order valence-electron chi connectivity index (χ0n) is 12.0. The van der Waals surface area contributed by atoms with E-state index in [2.05, 4.69) is 29.8 Å². The van der Waals surface area contributed by atoms with Gasteiger partial charge in [0.05, 0.1) is 19.1 Å². The molecule has 112 valence electrons. The van der Waals surface area contributed by atoms with Crippen molar-refractivity contribution in [3.63, 3.8) is 0 Å². The van der Waals surface area contributed by atoms with Gasteiger partial charge in [-0.15, -0.1) is 11.3 Å². The smallest absolute Gasteiger partial charge is 0.220 e. The van der Waals surface area contributed by atoms with Crippen LogP contribution in [0.15, 0.2) is 41.8 Å². The van der Waals surface area contributed by atoms with Crippen LogP contribution in [0, 0.1) is 0 Å². The molecule has 0 saturated carbocycles. The molecule has 0 bridgehead atoms. The van der Waals surface area contributed by atoms with Crippen LogP contribution in [0.25, 0.3) is 0 Å². The number of nitrogens with two attached hydrogens (primary N) is 1. The van der Waals surface area contributed by atoms with Crippen LogP contribution in [0.4, 0.5) is 5.69 Å². The molecule has 0 aliphatic carbocycles. The molecule has 2 aromatic rings. The Morgan fingerprint density at radius 3 is 2.67 bits per heavy atom. The molecule has 0 aliphatic rings. The first-order valence-corrected chi connectivity index (χ1v) is 7.88. The molecule has 0 aliphatic heterocycles. The average molecular weight is 304 g/mol. The summed E-state index contributed by atoms with van der Waals surface area (Å²) < 4.78 is 5.45. The lowest BCUT2D eigenvalue weighted by Gasteiger charge is -2.17. The van der Waals surface area contributed by atoms with Gasteiger partial charge in [0.25, 0.3) is 0 Å². The Hall–Kier alpha value is -2.01. The van der Waals surface area contributed by atoms with Crippen LogP contribution in [0.2, 0.25) is 0 Å². The first-order chi connectivity index (χ1) is 10.2. The van der Waals surface area contributed by atoms with E-state index in [-0.39, 0.29) is 12.3 Å². The Morgan fingerprint density at radius 1 is 1.33 bits per heavy atom. The highest BCUT2D eigenvalue weighted by Crippen LogP contribution is 2.27. The predicted molar refractivity (Wildman–Crippen MR) is 86.7 cm³/mol. The topological polar surface area (TPSA) is 64.3 Å². The van der Waals surface area contributed by atoms with Crippen LogP contribution in [-0.4, -0.2) is 12.5 Å². The van der Waals surface area contributed by atoms with Gasteiger partial charge >= 0.3 is 0 Å². The third-order valence-corrected chi connectivity index (χ3v) is 4.09. The molecule has 0 saturated heterocycles. The van der Waals surface area contributed by atoms with Crippen molar-refractivity contribution in [1.29, 1.82) is 0 Å². The number of nitrogens with one attached hydrogen (secondary N) is 1. The fourth-order valence-corrected chi connectivity index (χ4v) is 2.84. The minimum Gasteiger partial charge on any atom is -0.493 e. The zero-order chi connectivity index (χ0) is 15.1. The van der Waals surface area contributed by atoms with Crippen molar-refractivity contribution in [2.75, 3.05) is 11.9 Å². The molecule has 1 aromatic heterocycles. The Morgan fingerprint density at radius 2 is 2.10 bits per heavy atom. The second-order valence-electron chi connectivity index (χ2n) is 4.71. The van der Waals surface area contributed by atoms with Crippen LogP contribution in [0.5, 0.6) is 5.75 Å². The molecular weight excluding hydrogens is 284 g/mol. The molecule has 0 fully saturated rings. The van der Waals surface area contributed by atoms with Gasteiger partial charge in [-0.25, -0.2) is 0 Å². The number of hydrogen-bond acceptors (Lipinski definition) is 4. The highest BCUT2D eigenvalue weighted by molar-refractivity contribution is 7.10. The lowest BCUT2D eigenvalue weighted by molar-refractivity contribution is -0.118. The SMILES string of the molecule is CCC(Nc1ccc(OCCC(N)=O)cc1)c1cccs1. The fourth-order valence-electron chi connectivity index (χ4n) is 1.98. The highest BCUT2D eigenvalue weighted by atomic mass is 32.1. The molecule has 21 heavy (non-hydrogen) atoms. The van der Waals surface area contributed by atoms with Gasteiger partial charge in [0.1, 0.15) is 5.75 Å². The number of carbonyl (C=O) groups is 1. The first kappa shape index (κ1) is 15.4. The van der Waals surface area contributed by atoms with E-state index >= 15 is 0 Å². The standard InChI is InChI=1S/C16H20N2O2S/c1-2-14(15-4-3-11-21-15)18-12-5-7-13(8-6-12)20-10-9-16(17)19/h3-8,11,14,18H,2,9-10H2,1H3,(H2,17,19). The van der Waals surface area contributed by atoms with Gasteiger partial charge in [-0.1, -0.05) is 13.0 Å². The van der Waals surface area contributed by atoms with E-state index in [1.54, 1.807) is 11.3 Å². The van der Waals surface area contributed by atoms with Gasteiger partial charge in [-0.05, 0) is 42.1 Å². The molecule has 2 rings (SSSR count). The summed E-state index contributed by atoms with van der Waals surface area (Å²) in [6.07, 6.45) is 1.26. The summed E-state index contributed by atoms with van der Waals surface area (Å²) in [5.41, 5.74) is 6.12. The van der Waals surface area contributed by atoms with E-state index in [1.807, 2.05) is 24.3 Å². The summed E-state index contributed by atoms with van der Waals surface area (Å²) in [5, 5.41) is 5.61. The van der Waals surface area contributed by atoms with Crippen LogP contribution < -0.4 is 15.8 Å². The second kappa shape index (κ2) is 7.69. The van der Waals surface area contributed by atoms with Crippen LogP contribution >= 0.6 is 11.3 Å². The number of benzene rings is 1. The molecule has 4 nitrogen and oxygen atoms in total. The normalized spacial score (nSPS) is 11.9. The number of hydrogen-bond donors (Lipinski definition) is 2. The summed E-state index contributed by atoms with van der Waals surface area (Å²) in [4.78, 5) is 12.0. The Labute approximate surface area is 128 Å². The summed E-state index contributed by atoms with van der Waals surface area (Å²) >= 11 is 1.76. The lowest BCUT2D eigenvalue weighted by Crippen LogP contribution is -2.14. The van der Waals surface area contributed by atoms with Crippen molar-refractivity contribution >= 4 is 22.9 Å². The Bertz CT molecular complexity index is 552. The zero-order valence-corrected chi connectivity index (χ0v) is 12.9. The second-order valence-corrected chi connectivity index (χ2v) is 5.69. The summed E-state index contributed by atoms with van der Waals surface area (Å²) in [6, 6.07) is 12.3. The quantitative estimate of drug-likeness (QED) is 0.783. The maximum atomic E-state index is 10.6. The number of anilines is 1. The van der Waals surface area contributed by atoms with Gasteiger partial charge in [0.15, 0.2) is 0 Å². The van der Waals surface area contributed by atoms with Gasteiger partial charge in [0.2, 0.25) is 5.91 Å². The van der Waals surface area contributed by atoms with Crippen molar-refractivity contribution < 1.29 is 9.53 Å². The monoisotopic (exact) mass is 304 g/mol. The first-order valence-electron chi connectivity index (χ1n) is 7.00. The van der Waals surface area contributed by atoms with Crippen molar-refractivity contribution in [3.05, 3.63) is 46.7 Å². The molecule has 0 spiro atoms. The maximum absolute atomic E-state index is 10.6. The molecular formula is C16H20N2O2S. The maximum Gasteiger partial charge on any atom is 0.220 e. The van der Waals surface area contributed by atoms with Gasteiger partial charge in [-0.3, -0.25) is 4.79 Å². The number of thiophene rings is 1.